The molecule has 0 spiro atoms. The molecule has 1 nitrogen and oxygen atoms in total. The van der Waals surface area contributed by atoms with Crippen LogP contribution in [0.1, 0.15) is 12.5 Å². The average Bonchev–Trinajstić information content (AvgIpc) is 2.31. The molecule has 0 saturated heterocycles. The van der Waals surface area contributed by atoms with Crippen molar-refractivity contribution >= 4 is 47.4 Å². The zero-order valence-electron chi connectivity index (χ0n) is 10.9. The van der Waals surface area contributed by atoms with Crippen molar-refractivity contribution in [1.29, 1.82) is 0 Å². The second-order valence-electron chi connectivity index (χ2n) is 4.13. The van der Waals surface area contributed by atoms with Gasteiger partial charge < -0.3 is 6.15 Å². The van der Waals surface area contributed by atoms with Gasteiger partial charge in [-0.2, -0.15) is 0 Å². The molecule has 3 N–H and O–H groups in total. The molecular weight excluding hydrogens is 352 g/mol. The molecule has 0 unspecified atom stereocenters. The molecule has 0 aliphatic rings. The number of benzene rings is 1. The first-order valence-corrected chi connectivity index (χ1v) is 9.37. The summed E-state index contributed by atoms with van der Waals surface area (Å²) in [5.41, 5.74) is 1.44. The summed E-state index contributed by atoms with van der Waals surface area (Å²) < 4.78 is 0. The third kappa shape index (κ3) is 6.73. The number of hydrogen-bond acceptors (Lipinski definition) is 1. The number of rotatable bonds is 7. The summed E-state index contributed by atoms with van der Waals surface area (Å²) in [6, 6.07) is 10.7. The lowest BCUT2D eigenvalue weighted by Gasteiger charge is -2.25. The molecule has 0 saturated carbocycles. The third-order valence-corrected chi connectivity index (χ3v) is 8.78. The Hall–Kier alpha value is 0.670. The molecule has 0 heterocycles. The van der Waals surface area contributed by atoms with E-state index in [1.807, 2.05) is 0 Å². The summed E-state index contributed by atoms with van der Waals surface area (Å²) in [7, 11) is -0.963. The molecule has 0 aromatic heterocycles. The number of hydrogen-bond donors (Lipinski definition) is 1. The fourth-order valence-corrected chi connectivity index (χ4v) is 7.28. The van der Waals surface area contributed by atoms with Crippen LogP contribution in [0.5, 0.6) is 0 Å². The molecule has 0 fully saturated rings. The van der Waals surface area contributed by atoms with E-state index in [9.17, 15) is 0 Å². The summed E-state index contributed by atoms with van der Waals surface area (Å²) in [6.07, 6.45) is 4.77. The maximum Gasteiger partial charge on any atom is 0.0843 e. The van der Waals surface area contributed by atoms with Gasteiger partial charge in [0.05, 0.1) is 36.4 Å². The lowest BCUT2D eigenvalue weighted by molar-refractivity contribution is 1.23. The van der Waals surface area contributed by atoms with Crippen LogP contribution in [0.3, 0.4) is 0 Å². The van der Waals surface area contributed by atoms with Crippen molar-refractivity contribution in [2.24, 2.45) is 0 Å². The summed E-state index contributed by atoms with van der Waals surface area (Å²) in [6.45, 7) is 2.29. The summed E-state index contributed by atoms with van der Waals surface area (Å²) >= 11 is 11.9. The molecule has 0 aliphatic heterocycles. The Balaban J connectivity index is 0. The predicted octanol–water partition coefficient (Wildman–Crippen LogP) is 5.44. The Labute approximate surface area is 132 Å². The van der Waals surface area contributed by atoms with E-state index in [2.05, 4.69) is 37.3 Å². The molecule has 1 aromatic rings. The van der Waals surface area contributed by atoms with Crippen LogP contribution in [-0.4, -0.2) is 30.2 Å². The first-order chi connectivity index (χ1) is 7.76. The molecule has 0 aliphatic carbocycles. The van der Waals surface area contributed by atoms with E-state index < -0.39 is 7.26 Å². The van der Waals surface area contributed by atoms with Crippen LogP contribution in [0.2, 0.25) is 0 Å². The standard InChI is InChI=1S/C13H20Cl2P.BrH.H3N/c1-2-16(10-8-14,11-9-15)12-13-6-4-3-5-7-13;;/h3-7H,2,8-12H2,1H3;1H;1H3/q+1;;. The Morgan fingerprint density at radius 2 is 1.50 bits per heavy atom. The molecule has 0 amide bonds. The topological polar surface area (TPSA) is 35.0 Å². The lowest BCUT2D eigenvalue weighted by atomic mass is 10.2. The van der Waals surface area contributed by atoms with Crippen molar-refractivity contribution in [3.8, 4) is 0 Å². The molecule has 5 heteroatoms. The van der Waals surface area contributed by atoms with E-state index in [4.69, 9.17) is 23.2 Å². The highest BCUT2D eigenvalue weighted by atomic mass is 79.9. The van der Waals surface area contributed by atoms with Crippen LogP contribution in [0.15, 0.2) is 30.3 Å². The molecular formula is C13H24BrCl2NP+. The molecule has 1 aromatic carbocycles. The second-order valence-corrected chi connectivity index (χ2v) is 9.41. The van der Waals surface area contributed by atoms with E-state index in [1.165, 1.54) is 17.9 Å². The van der Waals surface area contributed by atoms with Gasteiger partial charge in [-0.1, -0.05) is 30.3 Å². The van der Waals surface area contributed by atoms with Crippen LogP contribution in [0.4, 0.5) is 0 Å². The summed E-state index contributed by atoms with van der Waals surface area (Å²) in [5.74, 6) is 1.54. The van der Waals surface area contributed by atoms with E-state index in [0.717, 1.165) is 24.1 Å². The molecule has 0 radical (unpaired) electrons. The zero-order chi connectivity index (χ0) is 11.9. The van der Waals surface area contributed by atoms with Gasteiger partial charge in [0.1, 0.15) is 0 Å². The van der Waals surface area contributed by atoms with Crippen LogP contribution < -0.4 is 6.15 Å². The highest BCUT2D eigenvalue weighted by Gasteiger charge is 2.34. The van der Waals surface area contributed by atoms with E-state index in [0.29, 0.717) is 0 Å². The third-order valence-electron chi connectivity index (χ3n) is 3.15. The molecule has 0 atom stereocenters. The van der Waals surface area contributed by atoms with Crippen LogP contribution in [-0.2, 0) is 6.16 Å². The second kappa shape index (κ2) is 11.5. The fraction of sp³-hybridized carbons (Fsp3) is 0.538. The fourth-order valence-electron chi connectivity index (χ4n) is 2.03. The van der Waals surface area contributed by atoms with Crippen molar-refractivity contribution < 1.29 is 0 Å². The van der Waals surface area contributed by atoms with Gasteiger partial charge in [-0.25, -0.2) is 0 Å². The van der Waals surface area contributed by atoms with Gasteiger partial charge in [0, 0.05) is 7.26 Å². The number of halogens is 3. The van der Waals surface area contributed by atoms with Crippen LogP contribution >= 0.6 is 47.4 Å². The van der Waals surface area contributed by atoms with E-state index in [-0.39, 0.29) is 23.1 Å². The lowest BCUT2D eigenvalue weighted by Crippen LogP contribution is -2.11. The smallest absolute Gasteiger partial charge is 0.0843 e. The van der Waals surface area contributed by atoms with E-state index in [1.54, 1.807) is 0 Å². The Morgan fingerprint density at radius 1 is 1.00 bits per heavy atom. The normalized spacial score (nSPS) is 10.4. The molecule has 18 heavy (non-hydrogen) atoms. The monoisotopic (exact) mass is 374 g/mol. The highest BCUT2D eigenvalue weighted by Crippen LogP contribution is 2.60. The SMILES string of the molecule is Br.CC[P+](CCCl)(CCCl)Cc1ccccc1.N. The van der Waals surface area contributed by atoms with Crippen molar-refractivity contribution in [3.05, 3.63) is 35.9 Å². The molecule has 1 rings (SSSR count). The van der Waals surface area contributed by atoms with Gasteiger partial charge in [-0.3, -0.25) is 0 Å². The van der Waals surface area contributed by atoms with E-state index >= 15 is 0 Å². The number of alkyl halides is 2. The molecule has 0 bridgehead atoms. The quantitative estimate of drug-likeness (QED) is 0.499. The van der Waals surface area contributed by atoms with Crippen LogP contribution in [0.25, 0.3) is 0 Å². The largest absolute Gasteiger partial charge is 0.344 e. The zero-order valence-corrected chi connectivity index (χ0v) is 15.1. The predicted molar refractivity (Wildman–Crippen MR) is 94.1 cm³/mol. The first-order valence-electron chi connectivity index (χ1n) is 5.77. The molecule has 106 valence electrons. The Kier molecular flexibility index (Phi) is 13.4. The van der Waals surface area contributed by atoms with Crippen molar-refractivity contribution in [2.45, 2.75) is 13.1 Å². The Morgan fingerprint density at radius 3 is 1.89 bits per heavy atom. The minimum Gasteiger partial charge on any atom is -0.344 e. The van der Waals surface area contributed by atoms with Crippen molar-refractivity contribution in [1.82, 2.24) is 6.15 Å². The van der Waals surface area contributed by atoms with Gasteiger partial charge in [0.25, 0.3) is 0 Å². The van der Waals surface area contributed by atoms with Gasteiger partial charge in [-0.15, -0.1) is 40.2 Å². The van der Waals surface area contributed by atoms with Gasteiger partial charge in [0.15, 0.2) is 0 Å². The van der Waals surface area contributed by atoms with Gasteiger partial charge in [-0.05, 0) is 12.5 Å². The summed E-state index contributed by atoms with van der Waals surface area (Å²) in [4.78, 5) is 0. The van der Waals surface area contributed by atoms with Crippen molar-refractivity contribution in [3.63, 3.8) is 0 Å². The highest BCUT2D eigenvalue weighted by molar-refractivity contribution is 8.93. The van der Waals surface area contributed by atoms with Gasteiger partial charge in [0.2, 0.25) is 0 Å². The minimum absolute atomic E-state index is 0. The van der Waals surface area contributed by atoms with Crippen molar-refractivity contribution in [2.75, 3.05) is 30.2 Å². The van der Waals surface area contributed by atoms with Gasteiger partial charge >= 0.3 is 0 Å². The first kappa shape index (κ1) is 21.0. The maximum absolute atomic E-state index is 5.95. The minimum atomic E-state index is -0.963. The average molecular weight is 376 g/mol. The van der Waals surface area contributed by atoms with Crippen LogP contribution in [0, 0.1) is 0 Å². The maximum atomic E-state index is 5.95. The Bertz CT molecular complexity index is 292. The summed E-state index contributed by atoms with van der Waals surface area (Å²) in [5, 5.41) is 0.